The van der Waals surface area contributed by atoms with E-state index in [1.165, 1.54) is 9.99 Å². The van der Waals surface area contributed by atoms with E-state index in [-0.39, 0.29) is 0 Å². The predicted molar refractivity (Wildman–Crippen MR) is 58.4 cm³/mol. The second-order valence-electron chi connectivity index (χ2n) is 2.59. The Hall–Kier alpha value is -0.250. The fourth-order valence-corrected chi connectivity index (χ4v) is 1.33. The second-order valence-corrected chi connectivity index (χ2v) is 3.83. The Morgan fingerprint density at radius 3 is 3.00 bits per heavy atom. The molecule has 0 amide bonds. The highest BCUT2D eigenvalue weighted by molar-refractivity contribution is 14.1. The highest BCUT2D eigenvalue weighted by atomic mass is 127. The first-order valence-electron chi connectivity index (χ1n) is 4.12. The minimum atomic E-state index is 0.810. The van der Waals surface area contributed by atoms with Crippen LogP contribution in [-0.2, 0) is 0 Å². The summed E-state index contributed by atoms with van der Waals surface area (Å²) in [7, 11) is 0. The maximum atomic E-state index is 5.49. The summed E-state index contributed by atoms with van der Waals surface area (Å²) in [6, 6.07) is 8.85. The molecule has 1 nitrogen and oxygen atoms in total. The summed E-state index contributed by atoms with van der Waals surface area (Å²) < 4.78 is 6.66. The predicted octanol–water partition coefficient (Wildman–Crippen LogP) is 3.27. The van der Waals surface area contributed by atoms with Gasteiger partial charge in [0.25, 0.3) is 0 Å². The second kappa shape index (κ2) is 5.41. The topological polar surface area (TPSA) is 9.23 Å². The molecule has 1 rings (SSSR count). The zero-order valence-corrected chi connectivity index (χ0v) is 9.30. The summed E-state index contributed by atoms with van der Waals surface area (Å²) in [6.45, 7) is 2.97. The van der Waals surface area contributed by atoms with Gasteiger partial charge in [-0.1, -0.05) is 13.3 Å². The van der Waals surface area contributed by atoms with Crippen molar-refractivity contribution in [2.45, 2.75) is 19.8 Å². The molecule has 0 aromatic heterocycles. The number of hydrogen-bond acceptors (Lipinski definition) is 1. The summed E-state index contributed by atoms with van der Waals surface area (Å²) in [5, 5.41) is 0. The van der Waals surface area contributed by atoms with Gasteiger partial charge in [-0.25, -0.2) is 0 Å². The van der Waals surface area contributed by atoms with Crippen LogP contribution in [0, 0.1) is 9.64 Å². The van der Waals surface area contributed by atoms with Gasteiger partial charge >= 0.3 is 0 Å². The van der Waals surface area contributed by atoms with E-state index in [1.807, 2.05) is 18.2 Å². The third-order valence-electron chi connectivity index (χ3n) is 1.49. The SMILES string of the molecule is CCCCOc1c[c]cc(I)c1. The van der Waals surface area contributed by atoms with Crippen molar-refractivity contribution in [3.63, 3.8) is 0 Å². The van der Waals surface area contributed by atoms with Crippen LogP contribution in [0.25, 0.3) is 0 Å². The highest BCUT2D eigenvalue weighted by Crippen LogP contribution is 2.14. The first-order chi connectivity index (χ1) is 5.83. The van der Waals surface area contributed by atoms with E-state index in [1.54, 1.807) is 0 Å². The van der Waals surface area contributed by atoms with Crippen LogP contribution in [0.3, 0.4) is 0 Å². The van der Waals surface area contributed by atoms with Crippen molar-refractivity contribution in [1.82, 2.24) is 0 Å². The molecule has 0 atom stereocenters. The summed E-state index contributed by atoms with van der Waals surface area (Å²) in [5.74, 6) is 0.926. The van der Waals surface area contributed by atoms with Gasteiger partial charge in [0.05, 0.1) is 6.61 Å². The first kappa shape index (κ1) is 9.84. The van der Waals surface area contributed by atoms with Gasteiger partial charge in [0, 0.05) is 3.57 Å². The Morgan fingerprint density at radius 1 is 1.50 bits per heavy atom. The average molecular weight is 275 g/mol. The maximum Gasteiger partial charge on any atom is 0.120 e. The molecule has 0 spiro atoms. The van der Waals surface area contributed by atoms with Crippen LogP contribution in [0.5, 0.6) is 5.75 Å². The molecule has 12 heavy (non-hydrogen) atoms. The monoisotopic (exact) mass is 275 g/mol. The van der Waals surface area contributed by atoms with Crippen LogP contribution in [0.15, 0.2) is 18.2 Å². The molecule has 2 heteroatoms. The van der Waals surface area contributed by atoms with E-state index in [2.05, 4.69) is 35.6 Å². The molecule has 0 saturated heterocycles. The van der Waals surface area contributed by atoms with Crippen molar-refractivity contribution in [2.75, 3.05) is 6.61 Å². The number of benzene rings is 1. The average Bonchev–Trinajstić information content (AvgIpc) is 2.05. The molecule has 0 heterocycles. The molecule has 0 saturated carbocycles. The van der Waals surface area contributed by atoms with Gasteiger partial charge in [-0.2, -0.15) is 0 Å². The number of halogens is 1. The van der Waals surface area contributed by atoms with Gasteiger partial charge in [0.2, 0.25) is 0 Å². The molecule has 0 bridgehead atoms. The number of ether oxygens (including phenoxy) is 1. The van der Waals surface area contributed by atoms with Gasteiger partial charge in [-0.3, -0.25) is 0 Å². The number of hydrogen-bond donors (Lipinski definition) is 0. The van der Waals surface area contributed by atoms with Gasteiger partial charge in [-0.15, -0.1) is 0 Å². The molecular weight excluding hydrogens is 263 g/mol. The Bertz CT molecular complexity index is 235. The number of rotatable bonds is 4. The lowest BCUT2D eigenvalue weighted by Crippen LogP contribution is -1.96. The third-order valence-corrected chi connectivity index (χ3v) is 2.12. The Balaban J connectivity index is 2.41. The van der Waals surface area contributed by atoms with Crippen LogP contribution in [0.4, 0.5) is 0 Å². The quantitative estimate of drug-likeness (QED) is 0.605. The van der Waals surface area contributed by atoms with E-state index in [0.29, 0.717) is 0 Å². The zero-order chi connectivity index (χ0) is 8.81. The molecule has 1 aromatic rings. The molecule has 0 fully saturated rings. The van der Waals surface area contributed by atoms with Gasteiger partial charge in [0.1, 0.15) is 5.75 Å². The minimum absolute atomic E-state index is 0.810. The minimum Gasteiger partial charge on any atom is -0.494 e. The molecule has 0 N–H and O–H groups in total. The highest BCUT2D eigenvalue weighted by Gasteiger charge is 1.93. The summed E-state index contributed by atoms with van der Waals surface area (Å²) in [6.07, 6.45) is 2.29. The number of unbranched alkanes of at least 4 members (excludes halogenated alkanes) is 1. The fraction of sp³-hybridized carbons (Fsp3) is 0.400. The molecule has 1 aromatic carbocycles. The van der Waals surface area contributed by atoms with Crippen LogP contribution in [0.2, 0.25) is 0 Å². The Morgan fingerprint density at radius 2 is 2.33 bits per heavy atom. The van der Waals surface area contributed by atoms with E-state index in [4.69, 9.17) is 4.74 Å². The molecule has 65 valence electrons. The van der Waals surface area contributed by atoms with Crippen molar-refractivity contribution in [1.29, 1.82) is 0 Å². The van der Waals surface area contributed by atoms with Gasteiger partial charge < -0.3 is 4.74 Å². The van der Waals surface area contributed by atoms with E-state index < -0.39 is 0 Å². The Kier molecular flexibility index (Phi) is 4.43. The van der Waals surface area contributed by atoms with Crippen LogP contribution >= 0.6 is 22.6 Å². The smallest absolute Gasteiger partial charge is 0.120 e. The van der Waals surface area contributed by atoms with Crippen molar-refractivity contribution in [3.8, 4) is 5.75 Å². The molecule has 0 aliphatic carbocycles. The standard InChI is InChI=1S/C10H12IO/c1-2-3-7-12-10-6-4-5-9(11)8-10/h5-6,8H,2-3,7H2,1H3. The lowest BCUT2D eigenvalue weighted by molar-refractivity contribution is 0.309. The van der Waals surface area contributed by atoms with E-state index in [9.17, 15) is 0 Å². The van der Waals surface area contributed by atoms with Crippen LogP contribution in [-0.4, -0.2) is 6.61 Å². The zero-order valence-electron chi connectivity index (χ0n) is 7.14. The van der Waals surface area contributed by atoms with Crippen LogP contribution in [0.1, 0.15) is 19.8 Å². The lowest BCUT2D eigenvalue weighted by atomic mass is 10.3. The molecule has 0 aliphatic rings. The summed E-state index contributed by atoms with van der Waals surface area (Å²) in [4.78, 5) is 0. The first-order valence-corrected chi connectivity index (χ1v) is 5.20. The molecular formula is C10H12IO. The van der Waals surface area contributed by atoms with E-state index in [0.717, 1.165) is 18.8 Å². The molecule has 0 unspecified atom stereocenters. The molecule has 1 radical (unpaired) electrons. The molecule has 0 aliphatic heterocycles. The summed E-state index contributed by atoms with van der Waals surface area (Å²) in [5.41, 5.74) is 0. The van der Waals surface area contributed by atoms with E-state index >= 15 is 0 Å². The largest absolute Gasteiger partial charge is 0.494 e. The van der Waals surface area contributed by atoms with Crippen molar-refractivity contribution in [3.05, 3.63) is 27.8 Å². The van der Waals surface area contributed by atoms with Crippen molar-refractivity contribution < 1.29 is 4.74 Å². The van der Waals surface area contributed by atoms with Crippen molar-refractivity contribution >= 4 is 22.6 Å². The van der Waals surface area contributed by atoms with Crippen LogP contribution < -0.4 is 4.74 Å². The Labute approximate surface area is 87.3 Å². The lowest BCUT2D eigenvalue weighted by Gasteiger charge is -2.04. The maximum absolute atomic E-state index is 5.49. The van der Waals surface area contributed by atoms with Gasteiger partial charge in [0.15, 0.2) is 0 Å². The fourth-order valence-electron chi connectivity index (χ4n) is 0.840. The normalized spacial score (nSPS) is 9.83. The van der Waals surface area contributed by atoms with Gasteiger partial charge in [-0.05, 0) is 53.3 Å². The summed E-state index contributed by atoms with van der Waals surface area (Å²) >= 11 is 2.26. The third kappa shape index (κ3) is 3.43. The van der Waals surface area contributed by atoms with Crippen molar-refractivity contribution in [2.24, 2.45) is 0 Å².